The molecule has 4 saturated carbocycles. The summed E-state index contributed by atoms with van der Waals surface area (Å²) < 4.78 is 6.63. The molecule has 94 valence electrons. The van der Waals surface area contributed by atoms with Gasteiger partial charge in [-0.1, -0.05) is 12.8 Å². The molecule has 0 aromatic carbocycles. The SMILES string of the molecule is C1CC2CC1CC1C3CC4CCC(C4)C3OC21. The molecule has 1 heterocycles. The zero-order valence-electron chi connectivity index (χ0n) is 10.7. The Morgan fingerprint density at radius 1 is 0.588 bits per heavy atom. The average Bonchev–Trinajstić information content (AvgIpc) is 3.00. The van der Waals surface area contributed by atoms with Crippen LogP contribution >= 0.6 is 0 Å². The minimum absolute atomic E-state index is 0.697. The smallest absolute Gasteiger partial charge is 0.0639 e. The fourth-order valence-electron chi connectivity index (χ4n) is 6.43. The monoisotopic (exact) mass is 232 g/mol. The summed E-state index contributed by atoms with van der Waals surface area (Å²) in [6, 6.07) is 0. The van der Waals surface area contributed by atoms with E-state index in [1.165, 1.54) is 51.4 Å². The van der Waals surface area contributed by atoms with Crippen molar-refractivity contribution in [3.05, 3.63) is 0 Å². The van der Waals surface area contributed by atoms with Crippen LogP contribution in [0, 0.1) is 35.5 Å². The molecule has 5 rings (SSSR count). The van der Waals surface area contributed by atoms with E-state index >= 15 is 0 Å². The molecule has 1 nitrogen and oxygen atoms in total. The van der Waals surface area contributed by atoms with E-state index < -0.39 is 0 Å². The van der Waals surface area contributed by atoms with Gasteiger partial charge >= 0.3 is 0 Å². The van der Waals surface area contributed by atoms with Crippen LogP contribution in [0.25, 0.3) is 0 Å². The number of ether oxygens (including phenoxy) is 1. The molecule has 5 aliphatic rings. The molecule has 17 heavy (non-hydrogen) atoms. The van der Waals surface area contributed by atoms with E-state index in [9.17, 15) is 0 Å². The predicted molar refractivity (Wildman–Crippen MR) is 66.5 cm³/mol. The molecule has 0 aromatic heterocycles. The van der Waals surface area contributed by atoms with Crippen LogP contribution in [0.5, 0.6) is 0 Å². The molecule has 5 fully saturated rings. The van der Waals surface area contributed by atoms with Crippen LogP contribution in [0.15, 0.2) is 0 Å². The maximum atomic E-state index is 6.63. The summed E-state index contributed by atoms with van der Waals surface area (Å²) in [6.07, 6.45) is 13.5. The third-order valence-corrected chi connectivity index (χ3v) is 7.01. The molecule has 0 aromatic rings. The minimum Gasteiger partial charge on any atom is -0.374 e. The molecule has 4 bridgehead atoms. The first-order valence-electron chi connectivity index (χ1n) is 8.04. The standard InChI is InChI=1S/C16H24O/c1-3-11-5-9(1)7-13-14-8-10-2-4-12(6-10)16(14)17-15(11)13/h9-16H,1-8H2. The van der Waals surface area contributed by atoms with E-state index in [4.69, 9.17) is 4.74 Å². The topological polar surface area (TPSA) is 9.23 Å². The molecule has 1 aliphatic heterocycles. The zero-order chi connectivity index (χ0) is 11.0. The number of rotatable bonds is 0. The van der Waals surface area contributed by atoms with Crippen molar-refractivity contribution in [2.45, 2.75) is 63.6 Å². The quantitative estimate of drug-likeness (QED) is 0.620. The van der Waals surface area contributed by atoms with Crippen molar-refractivity contribution in [2.24, 2.45) is 35.5 Å². The Morgan fingerprint density at radius 2 is 1.12 bits per heavy atom. The van der Waals surface area contributed by atoms with E-state index in [2.05, 4.69) is 0 Å². The minimum atomic E-state index is 0.697. The van der Waals surface area contributed by atoms with Crippen molar-refractivity contribution in [3.8, 4) is 0 Å². The highest BCUT2D eigenvalue weighted by molar-refractivity contribution is 5.05. The summed E-state index contributed by atoms with van der Waals surface area (Å²) in [6.45, 7) is 0. The Labute approximate surface area is 104 Å². The van der Waals surface area contributed by atoms with Crippen LogP contribution in [0.3, 0.4) is 0 Å². The summed E-state index contributed by atoms with van der Waals surface area (Å²) in [7, 11) is 0. The van der Waals surface area contributed by atoms with Crippen molar-refractivity contribution in [3.63, 3.8) is 0 Å². The number of fused-ring (bicyclic) bond motifs is 9. The predicted octanol–water partition coefficient (Wildman–Crippen LogP) is 3.63. The summed E-state index contributed by atoms with van der Waals surface area (Å²) in [5, 5.41) is 0. The lowest BCUT2D eigenvalue weighted by atomic mass is 9.67. The number of hydrogen-bond acceptors (Lipinski definition) is 1. The molecule has 1 heteroatoms. The molecular formula is C16H24O. The molecule has 8 unspecified atom stereocenters. The zero-order valence-corrected chi connectivity index (χ0v) is 10.7. The first kappa shape index (κ1) is 9.83. The molecule has 0 amide bonds. The van der Waals surface area contributed by atoms with Crippen LogP contribution in [-0.2, 0) is 4.74 Å². The van der Waals surface area contributed by atoms with Gasteiger partial charge in [-0.15, -0.1) is 0 Å². The highest BCUT2D eigenvalue weighted by Crippen LogP contribution is 2.59. The molecule has 0 spiro atoms. The normalized spacial score (nSPS) is 63.5. The Hall–Kier alpha value is -0.0400. The highest BCUT2D eigenvalue weighted by atomic mass is 16.5. The van der Waals surface area contributed by atoms with Crippen LogP contribution in [-0.4, -0.2) is 12.2 Å². The van der Waals surface area contributed by atoms with Gasteiger partial charge in [-0.25, -0.2) is 0 Å². The van der Waals surface area contributed by atoms with E-state index in [1.807, 2.05) is 0 Å². The largest absolute Gasteiger partial charge is 0.374 e. The number of hydrogen-bond donors (Lipinski definition) is 0. The first-order valence-corrected chi connectivity index (χ1v) is 8.04. The Morgan fingerprint density at radius 3 is 1.65 bits per heavy atom. The van der Waals surface area contributed by atoms with Gasteiger partial charge in [0.2, 0.25) is 0 Å². The summed E-state index contributed by atoms with van der Waals surface area (Å²) in [5.74, 6) is 6.06. The maximum Gasteiger partial charge on any atom is 0.0639 e. The maximum absolute atomic E-state index is 6.63. The summed E-state index contributed by atoms with van der Waals surface area (Å²) >= 11 is 0. The van der Waals surface area contributed by atoms with Crippen LogP contribution in [0.1, 0.15) is 51.4 Å². The third kappa shape index (κ3) is 1.25. The van der Waals surface area contributed by atoms with Gasteiger partial charge in [0.25, 0.3) is 0 Å². The van der Waals surface area contributed by atoms with Gasteiger partial charge < -0.3 is 4.74 Å². The van der Waals surface area contributed by atoms with Gasteiger partial charge in [0, 0.05) is 0 Å². The molecule has 1 saturated heterocycles. The second-order valence-electron chi connectivity index (χ2n) is 7.74. The van der Waals surface area contributed by atoms with E-state index in [0.717, 1.165) is 35.5 Å². The Kier molecular flexibility index (Phi) is 1.90. The van der Waals surface area contributed by atoms with Crippen molar-refractivity contribution < 1.29 is 4.74 Å². The van der Waals surface area contributed by atoms with E-state index in [1.54, 1.807) is 0 Å². The van der Waals surface area contributed by atoms with Crippen molar-refractivity contribution in [1.29, 1.82) is 0 Å². The summed E-state index contributed by atoms with van der Waals surface area (Å²) in [5.41, 5.74) is 0. The highest BCUT2D eigenvalue weighted by Gasteiger charge is 2.57. The average molecular weight is 232 g/mol. The second kappa shape index (κ2) is 3.29. The Bertz CT molecular complexity index is 306. The van der Waals surface area contributed by atoms with E-state index in [0.29, 0.717) is 12.2 Å². The Balaban J connectivity index is 1.48. The lowest BCUT2D eigenvalue weighted by Gasteiger charge is -2.35. The van der Waals surface area contributed by atoms with Gasteiger partial charge in [-0.3, -0.25) is 0 Å². The second-order valence-corrected chi connectivity index (χ2v) is 7.74. The molecule has 0 N–H and O–H groups in total. The molecular weight excluding hydrogens is 208 g/mol. The lowest BCUT2D eigenvalue weighted by Crippen LogP contribution is -2.34. The van der Waals surface area contributed by atoms with Crippen LogP contribution < -0.4 is 0 Å². The molecule has 4 aliphatic carbocycles. The van der Waals surface area contributed by atoms with Gasteiger partial charge in [0.1, 0.15) is 0 Å². The third-order valence-electron chi connectivity index (χ3n) is 7.01. The molecule has 0 radical (unpaired) electrons. The van der Waals surface area contributed by atoms with Crippen molar-refractivity contribution in [1.82, 2.24) is 0 Å². The van der Waals surface area contributed by atoms with Gasteiger partial charge in [-0.2, -0.15) is 0 Å². The fraction of sp³-hybridized carbons (Fsp3) is 1.00. The van der Waals surface area contributed by atoms with Crippen molar-refractivity contribution >= 4 is 0 Å². The fourth-order valence-corrected chi connectivity index (χ4v) is 6.43. The van der Waals surface area contributed by atoms with E-state index in [-0.39, 0.29) is 0 Å². The van der Waals surface area contributed by atoms with Gasteiger partial charge in [0.05, 0.1) is 12.2 Å². The molecule has 8 atom stereocenters. The van der Waals surface area contributed by atoms with Crippen LogP contribution in [0.4, 0.5) is 0 Å². The van der Waals surface area contributed by atoms with Crippen molar-refractivity contribution in [2.75, 3.05) is 0 Å². The first-order chi connectivity index (χ1) is 8.38. The summed E-state index contributed by atoms with van der Waals surface area (Å²) in [4.78, 5) is 0. The lowest BCUT2D eigenvalue weighted by molar-refractivity contribution is -0.0416. The van der Waals surface area contributed by atoms with Crippen LogP contribution in [0.2, 0.25) is 0 Å². The van der Waals surface area contributed by atoms with Gasteiger partial charge in [-0.05, 0) is 74.0 Å². The van der Waals surface area contributed by atoms with Gasteiger partial charge in [0.15, 0.2) is 0 Å².